The number of carbonyl (C=O) groups is 1. The summed E-state index contributed by atoms with van der Waals surface area (Å²) < 4.78 is 23.5. The minimum Gasteiger partial charge on any atom is -0.484 e. The third-order valence-corrected chi connectivity index (χ3v) is 4.61. The van der Waals surface area contributed by atoms with Crippen molar-refractivity contribution in [3.8, 4) is 17.0 Å². The van der Waals surface area contributed by atoms with E-state index >= 15 is 0 Å². The highest BCUT2D eigenvalue weighted by molar-refractivity contribution is 7.14. The van der Waals surface area contributed by atoms with Gasteiger partial charge in [0, 0.05) is 28.5 Å². The molecule has 4 aromatic rings. The van der Waals surface area contributed by atoms with Crippen LogP contribution in [0, 0.1) is 5.82 Å². The van der Waals surface area contributed by atoms with E-state index in [9.17, 15) is 14.0 Å². The molecule has 0 unspecified atom stereocenters. The maximum Gasteiger partial charge on any atom is 0.336 e. The molecule has 2 aromatic carbocycles. The van der Waals surface area contributed by atoms with E-state index in [2.05, 4.69) is 10.3 Å². The molecule has 2 heterocycles. The van der Waals surface area contributed by atoms with Crippen molar-refractivity contribution in [3.63, 3.8) is 0 Å². The van der Waals surface area contributed by atoms with Crippen LogP contribution in [0.5, 0.6) is 5.75 Å². The fourth-order valence-corrected chi connectivity index (χ4v) is 3.26. The van der Waals surface area contributed by atoms with Crippen LogP contribution in [-0.4, -0.2) is 17.5 Å². The first-order valence-electron chi connectivity index (χ1n) is 8.25. The fraction of sp³-hybridized carbons (Fsp3) is 0.0500. The van der Waals surface area contributed by atoms with E-state index in [4.69, 9.17) is 9.15 Å². The second-order valence-electron chi connectivity index (χ2n) is 5.84. The minimum atomic E-state index is -0.455. The van der Waals surface area contributed by atoms with Crippen molar-refractivity contribution in [1.29, 1.82) is 0 Å². The Kier molecular flexibility index (Phi) is 4.86. The van der Waals surface area contributed by atoms with Crippen molar-refractivity contribution in [1.82, 2.24) is 4.98 Å². The standard InChI is InChI=1S/C20H13FN2O4S/c21-14-5-1-12(2-6-14)16-11-28-20(22-16)23-18(24)10-26-15-7-3-13-4-8-19(25)27-17(13)9-15/h1-9,11H,10H2,(H,22,23,24). The van der Waals surface area contributed by atoms with Gasteiger partial charge in [0.25, 0.3) is 5.91 Å². The highest BCUT2D eigenvalue weighted by Crippen LogP contribution is 2.25. The lowest BCUT2D eigenvalue weighted by Gasteiger charge is -2.06. The smallest absolute Gasteiger partial charge is 0.336 e. The summed E-state index contributed by atoms with van der Waals surface area (Å²) in [6, 6.07) is 13.9. The van der Waals surface area contributed by atoms with Crippen LogP contribution >= 0.6 is 11.3 Å². The summed E-state index contributed by atoms with van der Waals surface area (Å²) in [6.45, 7) is -0.228. The van der Waals surface area contributed by atoms with Crippen molar-refractivity contribution in [2.45, 2.75) is 0 Å². The first-order chi connectivity index (χ1) is 13.6. The zero-order valence-corrected chi connectivity index (χ0v) is 15.2. The minimum absolute atomic E-state index is 0.228. The van der Waals surface area contributed by atoms with E-state index in [1.807, 2.05) is 0 Å². The van der Waals surface area contributed by atoms with E-state index in [1.165, 1.54) is 29.5 Å². The lowest BCUT2D eigenvalue weighted by molar-refractivity contribution is -0.118. The van der Waals surface area contributed by atoms with Crippen LogP contribution in [-0.2, 0) is 4.79 Å². The molecular weight excluding hydrogens is 383 g/mol. The highest BCUT2D eigenvalue weighted by atomic mass is 32.1. The molecule has 1 amide bonds. The zero-order valence-electron chi connectivity index (χ0n) is 14.3. The predicted molar refractivity (Wildman–Crippen MR) is 104 cm³/mol. The monoisotopic (exact) mass is 396 g/mol. The van der Waals surface area contributed by atoms with Gasteiger partial charge in [-0.2, -0.15) is 0 Å². The van der Waals surface area contributed by atoms with Gasteiger partial charge in [-0.1, -0.05) is 0 Å². The number of thiazole rings is 1. The van der Waals surface area contributed by atoms with Crippen molar-refractivity contribution in [3.05, 3.63) is 76.2 Å². The average Bonchev–Trinajstić information content (AvgIpc) is 3.15. The molecule has 0 aliphatic carbocycles. The van der Waals surface area contributed by atoms with Crippen LogP contribution in [0.25, 0.3) is 22.2 Å². The van der Waals surface area contributed by atoms with Gasteiger partial charge in [-0.15, -0.1) is 11.3 Å². The first-order valence-corrected chi connectivity index (χ1v) is 9.13. The number of carbonyl (C=O) groups excluding carboxylic acids is 1. The number of hydrogen-bond acceptors (Lipinski definition) is 6. The van der Waals surface area contributed by atoms with E-state index in [-0.39, 0.29) is 18.3 Å². The molecule has 0 saturated heterocycles. The molecule has 0 spiro atoms. The van der Waals surface area contributed by atoms with E-state index in [0.29, 0.717) is 22.2 Å². The summed E-state index contributed by atoms with van der Waals surface area (Å²) in [5, 5.41) is 5.60. The maximum absolute atomic E-state index is 13.0. The number of hydrogen-bond donors (Lipinski definition) is 1. The molecule has 0 atom stereocenters. The lowest BCUT2D eigenvalue weighted by atomic mass is 10.2. The van der Waals surface area contributed by atoms with Crippen LogP contribution in [0.1, 0.15) is 0 Å². The molecule has 0 bridgehead atoms. The largest absolute Gasteiger partial charge is 0.484 e. The van der Waals surface area contributed by atoms with Gasteiger partial charge >= 0.3 is 5.63 Å². The van der Waals surface area contributed by atoms with Crippen molar-refractivity contribution in [2.24, 2.45) is 0 Å². The van der Waals surface area contributed by atoms with Gasteiger partial charge in [-0.05, 0) is 42.5 Å². The SMILES string of the molecule is O=C(COc1ccc2ccc(=O)oc2c1)Nc1nc(-c2ccc(F)cc2)cs1. The number of nitrogens with zero attached hydrogens (tertiary/aromatic N) is 1. The zero-order chi connectivity index (χ0) is 19.5. The Labute approximate surface area is 162 Å². The second-order valence-corrected chi connectivity index (χ2v) is 6.69. The summed E-state index contributed by atoms with van der Waals surface area (Å²) in [5.74, 6) is -0.296. The van der Waals surface area contributed by atoms with E-state index < -0.39 is 5.63 Å². The van der Waals surface area contributed by atoms with E-state index in [1.54, 1.807) is 41.8 Å². The molecule has 0 aliphatic heterocycles. The summed E-state index contributed by atoms with van der Waals surface area (Å²) in [7, 11) is 0. The highest BCUT2D eigenvalue weighted by Gasteiger charge is 2.09. The number of anilines is 1. The Hall–Kier alpha value is -3.52. The molecule has 0 saturated carbocycles. The molecule has 140 valence electrons. The molecule has 2 aromatic heterocycles. The summed E-state index contributed by atoms with van der Waals surface area (Å²) in [5.41, 5.74) is 1.33. The summed E-state index contributed by atoms with van der Waals surface area (Å²) >= 11 is 1.26. The van der Waals surface area contributed by atoms with Gasteiger partial charge in [0.1, 0.15) is 17.1 Å². The van der Waals surface area contributed by atoms with Crippen LogP contribution < -0.4 is 15.7 Å². The molecule has 8 heteroatoms. The van der Waals surface area contributed by atoms with Crippen molar-refractivity contribution >= 4 is 33.3 Å². The predicted octanol–water partition coefficient (Wildman–Crippen LogP) is 4.07. The molecule has 0 fully saturated rings. The lowest BCUT2D eigenvalue weighted by Crippen LogP contribution is -2.20. The molecule has 0 radical (unpaired) electrons. The average molecular weight is 396 g/mol. The number of ether oxygens (including phenoxy) is 1. The third kappa shape index (κ3) is 4.07. The van der Waals surface area contributed by atoms with E-state index in [0.717, 1.165) is 10.9 Å². The van der Waals surface area contributed by atoms with Crippen molar-refractivity contribution in [2.75, 3.05) is 11.9 Å². The van der Waals surface area contributed by atoms with Crippen LogP contribution in [0.3, 0.4) is 0 Å². The van der Waals surface area contributed by atoms with Gasteiger partial charge in [0.05, 0.1) is 5.69 Å². The number of rotatable bonds is 5. The Morgan fingerprint density at radius 2 is 1.93 bits per heavy atom. The van der Waals surface area contributed by atoms with Crippen LogP contribution in [0.15, 0.2) is 69.2 Å². The number of benzene rings is 2. The number of aromatic nitrogens is 1. The fourth-order valence-electron chi connectivity index (χ4n) is 2.52. The van der Waals surface area contributed by atoms with Gasteiger partial charge in [-0.3, -0.25) is 10.1 Å². The number of halogens is 1. The Bertz CT molecular complexity index is 1200. The number of nitrogens with one attached hydrogen (secondary N) is 1. The number of fused-ring (bicyclic) bond motifs is 1. The quantitative estimate of drug-likeness (QED) is 0.514. The molecule has 4 rings (SSSR count). The van der Waals surface area contributed by atoms with Gasteiger partial charge in [0.2, 0.25) is 0 Å². The Morgan fingerprint density at radius 1 is 1.14 bits per heavy atom. The second kappa shape index (κ2) is 7.61. The van der Waals surface area contributed by atoms with Gasteiger partial charge < -0.3 is 9.15 Å². The molecule has 1 N–H and O–H groups in total. The Morgan fingerprint density at radius 3 is 2.75 bits per heavy atom. The topological polar surface area (TPSA) is 81.4 Å². The molecule has 28 heavy (non-hydrogen) atoms. The molecular formula is C20H13FN2O4S. The first kappa shape index (κ1) is 17.9. The number of amides is 1. The molecule has 6 nitrogen and oxygen atoms in total. The summed E-state index contributed by atoms with van der Waals surface area (Å²) in [6.07, 6.45) is 0. The van der Waals surface area contributed by atoms with Crippen molar-refractivity contribution < 1.29 is 18.3 Å². The normalized spacial score (nSPS) is 10.8. The van der Waals surface area contributed by atoms with Gasteiger partial charge in [-0.25, -0.2) is 14.2 Å². The maximum atomic E-state index is 13.0. The van der Waals surface area contributed by atoms with Gasteiger partial charge in [0.15, 0.2) is 11.7 Å². The Balaban J connectivity index is 1.38. The van der Waals surface area contributed by atoms with Crippen LogP contribution in [0.2, 0.25) is 0 Å². The van der Waals surface area contributed by atoms with Crippen LogP contribution in [0.4, 0.5) is 9.52 Å². The molecule has 0 aliphatic rings. The third-order valence-electron chi connectivity index (χ3n) is 3.86. The summed E-state index contributed by atoms with van der Waals surface area (Å²) in [4.78, 5) is 27.7.